The molecule has 1 heterocycles. The minimum Gasteiger partial charge on any atom is -0.450 e. The Kier molecular flexibility index (Phi) is 3.44. The molecule has 7 nitrogen and oxygen atoms in total. The summed E-state index contributed by atoms with van der Waals surface area (Å²) in [5.74, 6) is 0. The van der Waals surface area contributed by atoms with Crippen LogP contribution in [0, 0.1) is 0 Å². The van der Waals surface area contributed by atoms with Crippen LogP contribution < -0.4 is 5.06 Å². The van der Waals surface area contributed by atoms with E-state index < -0.39 is 6.09 Å². The summed E-state index contributed by atoms with van der Waals surface area (Å²) in [5, 5.41) is 17.5. The topological polar surface area (TPSA) is 86.8 Å². The molecule has 1 amide bonds. The van der Waals surface area contributed by atoms with Crippen molar-refractivity contribution in [2.24, 2.45) is 15.2 Å². The van der Waals surface area contributed by atoms with E-state index in [4.69, 9.17) is 0 Å². The SMILES string of the molecule is COC(=O)N=NC=C1C=Nc2ccccc2N1O. The van der Waals surface area contributed by atoms with E-state index in [0.717, 1.165) is 5.06 Å². The average molecular weight is 246 g/mol. The number of anilines is 1. The molecule has 0 bridgehead atoms. The van der Waals surface area contributed by atoms with Gasteiger partial charge in [0.1, 0.15) is 5.70 Å². The van der Waals surface area contributed by atoms with Gasteiger partial charge in [0.05, 0.1) is 30.9 Å². The predicted molar refractivity (Wildman–Crippen MR) is 64.2 cm³/mol. The first-order valence-corrected chi connectivity index (χ1v) is 5.03. The quantitative estimate of drug-likeness (QED) is 0.771. The van der Waals surface area contributed by atoms with Gasteiger partial charge in [0.15, 0.2) is 0 Å². The molecule has 7 heteroatoms. The fourth-order valence-electron chi connectivity index (χ4n) is 1.35. The maximum atomic E-state index is 10.7. The monoisotopic (exact) mass is 246 g/mol. The molecule has 0 atom stereocenters. The van der Waals surface area contributed by atoms with Gasteiger partial charge >= 0.3 is 6.09 Å². The van der Waals surface area contributed by atoms with E-state index in [1.807, 2.05) is 6.07 Å². The Morgan fingerprint density at radius 3 is 3.06 bits per heavy atom. The summed E-state index contributed by atoms with van der Waals surface area (Å²) in [5.41, 5.74) is 1.46. The minimum atomic E-state index is -0.815. The van der Waals surface area contributed by atoms with E-state index >= 15 is 0 Å². The largest absolute Gasteiger partial charge is 0.452 e. The molecule has 0 fully saturated rings. The van der Waals surface area contributed by atoms with Gasteiger partial charge in [-0.3, -0.25) is 10.2 Å². The molecule has 0 unspecified atom stereocenters. The molecule has 0 radical (unpaired) electrons. The summed E-state index contributed by atoms with van der Waals surface area (Å²) in [4.78, 5) is 14.8. The first kappa shape index (κ1) is 11.9. The molecule has 2 rings (SSSR count). The van der Waals surface area contributed by atoms with Gasteiger partial charge in [0, 0.05) is 0 Å². The highest BCUT2D eigenvalue weighted by Crippen LogP contribution is 2.32. The van der Waals surface area contributed by atoms with Gasteiger partial charge in [-0.1, -0.05) is 17.2 Å². The van der Waals surface area contributed by atoms with Crippen LogP contribution >= 0.6 is 0 Å². The number of rotatable bonds is 1. The maximum absolute atomic E-state index is 10.7. The number of allylic oxidation sites excluding steroid dienone is 1. The van der Waals surface area contributed by atoms with E-state index in [0.29, 0.717) is 17.1 Å². The Balaban J connectivity index is 2.22. The number of aliphatic imine (C=N–C) groups is 1. The van der Waals surface area contributed by atoms with Gasteiger partial charge < -0.3 is 4.74 Å². The fourth-order valence-corrected chi connectivity index (χ4v) is 1.35. The molecule has 92 valence electrons. The van der Waals surface area contributed by atoms with Crippen LogP contribution in [0.3, 0.4) is 0 Å². The summed E-state index contributed by atoms with van der Waals surface area (Å²) in [6, 6.07) is 7.06. The minimum absolute atomic E-state index is 0.293. The van der Waals surface area contributed by atoms with Gasteiger partial charge in [-0.15, -0.1) is 0 Å². The lowest BCUT2D eigenvalue weighted by atomic mass is 10.2. The second kappa shape index (κ2) is 5.19. The van der Waals surface area contributed by atoms with Crippen molar-refractivity contribution in [2.75, 3.05) is 12.2 Å². The molecule has 1 aliphatic rings. The summed E-state index contributed by atoms with van der Waals surface area (Å²) in [6.07, 6.45) is 1.80. The Labute approximate surface area is 103 Å². The van der Waals surface area contributed by atoms with Crippen molar-refractivity contribution in [2.45, 2.75) is 0 Å². The smallest absolute Gasteiger partial charge is 0.450 e. The van der Waals surface area contributed by atoms with E-state index in [9.17, 15) is 10.0 Å². The fraction of sp³-hybridized carbons (Fsp3) is 0.0909. The summed E-state index contributed by atoms with van der Waals surface area (Å²) in [6.45, 7) is 0. The van der Waals surface area contributed by atoms with Crippen molar-refractivity contribution in [1.82, 2.24) is 0 Å². The van der Waals surface area contributed by atoms with E-state index in [1.54, 1.807) is 18.2 Å². The third-order valence-electron chi connectivity index (χ3n) is 2.19. The third kappa shape index (κ3) is 2.41. The van der Waals surface area contributed by atoms with Gasteiger partial charge in [-0.25, -0.2) is 9.86 Å². The number of hydroxylamine groups is 1. The Bertz CT molecular complexity index is 551. The zero-order chi connectivity index (χ0) is 13.0. The normalized spacial score (nSPS) is 16.1. The highest BCUT2D eigenvalue weighted by molar-refractivity contribution is 5.92. The second-order valence-corrected chi connectivity index (χ2v) is 3.30. The zero-order valence-corrected chi connectivity index (χ0v) is 9.52. The Morgan fingerprint density at radius 2 is 2.28 bits per heavy atom. The first-order chi connectivity index (χ1) is 8.72. The van der Waals surface area contributed by atoms with Crippen molar-refractivity contribution < 1.29 is 14.7 Å². The number of amides is 1. The van der Waals surface area contributed by atoms with Gasteiger partial charge in [-0.2, -0.15) is 5.11 Å². The third-order valence-corrected chi connectivity index (χ3v) is 2.19. The lowest BCUT2D eigenvalue weighted by Crippen LogP contribution is -2.20. The van der Waals surface area contributed by atoms with Crippen molar-refractivity contribution >= 4 is 23.7 Å². The molecule has 0 aliphatic carbocycles. The number of nitrogens with zero attached hydrogens (tertiary/aromatic N) is 4. The van der Waals surface area contributed by atoms with Crippen LogP contribution in [0.5, 0.6) is 0 Å². The highest BCUT2D eigenvalue weighted by atomic mass is 16.5. The van der Waals surface area contributed by atoms with Gasteiger partial charge in [-0.05, 0) is 12.1 Å². The predicted octanol–water partition coefficient (Wildman–Crippen LogP) is 2.66. The summed E-state index contributed by atoms with van der Waals surface area (Å²) >= 11 is 0. The van der Waals surface area contributed by atoms with E-state index in [1.165, 1.54) is 19.5 Å². The molecule has 0 spiro atoms. The Morgan fingerprint density at radius 1 is 1.50 bits per heavy atom. The van der Waals surface area contributed by atoms with Crippen LogP contribution in [0.4, 0.5) is 16.2 Å². The number of fused-ring (bicyclic) bond motifs is 1. The van der Waals surface area contributed by atoms with Crippen LogP contribution in [-0.4, -0.2) is 24.6 Å². The summed E-state index contributed by atoms with van der Waals surface area (Å²) in [7, 11) is 1.20. The summed E-state index contributed by atoms with van der Waals surface area (Å²) < 4.78 is 4.28. The van der Waals surface area contributed by atoms with Crippen molar-refractivity contribution in [3.05, 3.63) is 36.2 Å². The second-order valence-electron chi connectivity index (χ2n) is 3.30. The van der Waals surface area contributed by atoms with Crippen LogP contribution in [-0.2, 0) is 4.74 Å². The van der Waals surface area contributed by atoms with Crippen molar-refractivity contribution in [3.8, 4) is 0 Å². The molecular formula is C11H10N4O3. The van der Waals surface area contributed by atoms with Crippen LogP contribution in [0.15, 0.2) is 51.4 Å². The number of carbonyl (C=O) groups is 1. The zero-order valence-electron chi connectivity index (χ0n) is 9.52. The molecular weight excluding hydrogens is 236 g/mol. The molecule has 1 aromatic carbocycles. The molecule has 18 heavy (non-hydrogen) atoms. The molecule has 0 saturated heterocycles. The number of azo groups is 1. The Hall–Kier alpha value is -2.54. The molecule has 0 aromatic heterocycles. The number of para-hydroxylation sites is 2. The van der Waals surface area contributed by atoms with Gasteiger partial charge in [0.2, 0.25) is 0 Å². The average Bonchev–Trinajstić information content (AvgIpc) is 2.41. The lowest BCUT2D eigenvalue weighted by molar-refractivity contribution is 0.180. The number of methoxy groups -OCH3 is 1. The molecule has 1 aliphatic heterocycles. The maximum Gasteiger partial charge on any atom is 0.452 e. The first-order valence-electron chi connectivity index (χ1n) is 5.03. The van der Waals surface area contributed by atoms with Gasteiger partial charge in [0.25, 0.3) is 0 Å². The highest BCUT2D eigenvalue weighted by Gasteiger charge is 2.15. The number of benzene rings is 1. The number of hydrogen-bond donors (Lipinski definition) is 1. The van der Waals surface area contributed by atoms with Crippen LogP contribution in [0.1, 0.15) is 0 Å². The van der Waals surface area contributed by atoms with E-state index in [-0.39, 0.29) is 0 Å². The van der Waals surface area contributed by atoms with E-state index in [2.05, 4.69) is 20.0 Å². The van der Waals surface area contributed by atoms with Crippen molar-refractivity contribution in [1.29, 1.82) is 0 Å². The van der Waals surface area contributed by atoms with Crippen molar-refractivity contribution in [3.63, 3.8) is 0 Å². The number of ether oxygens (including phenoxy) is 1. The molecule has 1 aromatic rings. The molecule has 0 saturated carbocycles. The standard InChI is InChI=1S/C11H10N4O3/c1-18-11(16)14-13-7-8-6-12-9-4-2-3-5-10(9)15(8)17/h2-7,17H,1H3. The van der Waals surface area contributed by atoms with Crippen LogP contribution in [0.2, 0.25) is 0 Å². The molecule has 1 N–H and O–H groups in total. The van der Waals surface area contributed by atoms with Crippen LogP contribution in [0.25, 0.3) is 0 Å². The lowest BCUT2D eigenvalue weighted by Gasteiger charge is -2.21. The number of hydrogen-bond acceptors (Lipinski definition) is 6. The number of carbonyl (C=O) groups excluding carboxylic acids is 1.